The fourth-order valence-electron chi connectivity index (χ4n) is 2.54. The van der Waals surface area contributed by atoms with E-state index in [0.29, 0.717) is 5.95 Å². The molecule has 0 amide bonds. The van der Waals surface area contributed by atoms with Crippen LogP contribution < -0.4 is 10.6 Å². The number of anilines is 2. The highest BCUT2D eigenvalue weighted by molar-refractivity contribution is 5.86. The molecule has 3 rings (SSSR count). The van der Waals surface area contributed by atoms with Crippen molar-refractivity contribution in [1.29, 1.82) is 0 Å². The Kier molecular flexibility index (Phi) is 3.92. The van der Waals surface area contributed by atoms with Gasteiger partial charge in [0.05, 0.1) is 11.6 Å². The molecule has 3 heterocycles. The van der Waals surface area contributed by atoms with Crippen molar-refractivity contribution < 1.29 is 4.74 Å². The molecule has 1 aliphatic heterocycles. The number of hydrogen-bond donors (Lipinski definition) is 3. The van der Waals surface area contributed by atoms with Gasteiger partial charge in [0.15, 0.2) is 5.65 Å². The second kappa shape index (κ2) is 5.85. The first-order valence-corrected chi connectivity index (χ1v) is 7.47. The molecule has 0 aromatic carbocycles. The Hall–Kier alpha value is -1.89. The Morgan fingerprint density at radius 2 is 2.10 bits per heavy atom. The molecule has 2 aromatic rings. The highest BCUT2D eigenvalue weighted by Crippen LogP contribution is 2.30. The summed E-state index contributed by atoms with van der Waals surface area (Å²) in [4.78, 5) is 8.95. The molecule has 3 N–H and O–H groups in total. The Morgan fingerprint density at radius 3 is 2.86 bits per heavy atom. The van der Waals surface area contributed by atoms with Crippen molar-refractivity contribution in [3.05, 3.63) is 6.20 Å². The van der Waals surface area contributed by atoms with Crippen molar-refractivity contribution in [3.63, 3.8) is 0 Å². The van der Waals surface area contributed by atoms with E-state index < -0.39 is 0 Å². The highest BCUT2D eigenvalue weighted by Gasteiger charge is 2.27. The number of ether oxygens (including phenoxy) is 1. The second-order valence-corrected chi connectivity index (χ2v) is 5.84. The lowest BCUT2D eigenvalue weighted by Gasteiger charge is -2.33. The summed E-state index contributed by atoms with van der Waals surface area (Å²) in [6.07, 6.45) is 3.90. The number of aromatic amines is 1. The molecule has 7 heteroatoms. The predicted octanol–water partition coefficient (Wildman–Crippen LogP) is 2.01. The molecule has 0 radical (unpaired) electrons. The van der Waals surface area contributed by atoms with Crippen LogP contribution in [0.25, 0.3) is 11.0 Å². The van der Waals surface area contributed by atoms with Gasteiger partial charge in [-0.1, -0.05) is 6.92 Å². The fraction of sp³-hybridized carbons (Fsp3) is 0.643. The van der Waals surface area contributed by atoms with Crippen LogP contribution in [-0.2, 0) is 4.74 Å². The van der Waals surface area contributed by atoms with Gasteiger partial charge < -0.3 is 15.4 Å². The first-order valence-electron chi connectivity index (χ1n) is 7.47. The van der Waals surface area contributed by atoms with Crippen molar-refractivity contribution in [1.82, 2.24) is 20.2 Å². The van der Waals surface area contributed by atoms with E-state index >= 15 is 0 Å². The highest BCUT2D eigenvalue weighted by atomic mass is 16.5. The Balaban J connectivity index is 1.80. The van der Waals surface area contributed by atoms with Crippen LogP contribution in [0, 0.1) is 5.41 Å². The molecular weight excluding hydrogens is 268 g/mol. The third-order valence-electron chi connectivity index (χ3n) is 4.03. The number of nitrogens with zero attached hydrogens (tertiary/aromatic N) is 3. The molecule has 0 atom stereocenters. The molecule has 2 aromatic heterocycles. The summed E-state index contributed by atoms with van der Waals surface area (Å²) in [6.45, 7) is 7.66. The zero-order valence-electron chi connectivity index (χ0n) is 12.6. The number of nitrogens with one attached hydrogen (secondary N) is 3. The molecule has 21 heavy (non-hydrogen) atoms. The van der Waals surface area contributed by atoms with Crippen molar-refractivity contribution in [2.45, 2.75) is 26.7 Å². The minimum Gasteiger partial charge on any atom is -0.381 e. The lowest BCUT2D eigenvalue weighted by Crippen LogP contribution is -2.33. The summed E-state index contributed by atoms with van der Waals surface area (Å²) in [5, 5.41) is 14.5. The third kappa shape index (κ3) is 3.07. The van der Waals surface area contributed by atoms with E-state index in [0.717, 1.165) is 56.0 Å². The maximum Gasteiger partial charge on any atom is 0.226 e. The van der Waals surface area contributed by atoms with Crippen molar-refractivity contribution in [2.75, 3.05) is 36.9 Å². The molecule has 1 aliphatic rings. The van der Waals surface area contributed by atoms with E-state index in [1.807, 2.05) is 6.92 Å². The molecule has 0 aliphatic carbocycles. The molecule has 1 fully saturated rings. The lowest BCUT2D eigenvalue weighted by molar-refractivity contribution is 0.0300. The van der Waals surface area contributed by atoms with Gasteiger partial charge >= 0.3 is 0 Å². The molecule has 1 saturated heterocycles. The summed E-state index contributed by atoms with van der Waals surface area (Å²) in [6, 6.07) is 0. The van der Waals surface area contributed by atoms with E-state index in [9.17, 15) is 0 Å². The lowest BCUT2D eigenvalue weighted by atomic mass is 9.82. The first-order chi connectivity index (χ1) is 10.2. The number of fused-ring (bicyclic) bond motifs is 1. The van der Waals surface area contributed by atoms with Gasteiger partial charge in [-0.05, 0) is 25.2 Å². The zero-order chi connectivity index (χ0) is 14.7. The minimum absolute atomic E-state index is 0.248. The monoisotopic (exact) mass is 290 g/mol. The molecule has 0 spiro atoms. The van der Waals surface area contributed by atoms with Gasteiger partial charge in [-0.25, -0.2) is 0 Å². The van der Waals surface area contributed by atoms with E-state index in [1.54, 1.807) is 6.20 Å². The van der Waals surface area contributed by atoms with E-state index in [1.165, 1.54) is 0 Å². The molecular formula is C14H22N6O. The number of rotatable bonds is 5. The SMILES string of the molecule is CCNc1nc(NCC2(C)CCOCC2)c2cn[nH]c2n1. The van der Waals surface area contributed by atoms with Crippen LogP contribution in [0.5, 0.6) is 0 Å². The molecule has 0 unspecified atom stereocenters. The van der Waals surface area contributed by atoms with E-state index in [2.05, 4.69) is 37.7 Å². The summed E-state index contributed by atoms with van der Waals surface area (Å²) < 4.78 is 5.45. The third-order valence-corrected chi connectivity index (χ3v) is 4.03. The van der Waals surface area contributed by atoms with Crippen LogP contribution in [0.1, 0.15) is 26.7 Å². The molecule has 0 bridgehead atoms. The van der Waals surface area contributed by atoms with Crippen LogP contribution in [0.2, 0.25) is 0 Å². The Morgan fingerprint density at radius 1 is 1.29 bits per heavy atom. The van der Waals surface area contributed by atoms with Crippen LogP contribution in [-0.4, -0.2) is 46.5 Å². The predicted molar refractivity (Wildman–Crippen MR) is 82.5 cm³/mol. The maximum absolute atomic E-state index is 5.45. The molecule has 114 valence electrons. The molecule has 0 saturated carbocycles. The zero-order valence-corrected chi connectivity index (χ0v) is 12.6. The van der Waals surface area contributed by atoms with Gasteiger partial charge in [-0.3, -0.25) is 5.10 Å². The Labute approximate surface area is 123 Å². The van der Waals surface area contributed by atoms with Crippen molar-refractivity contribution in [3.8, 4) is 0 Å². The quantitative estimate of drug-likeness (QED) is 0.781. The van der Waals surface area contributed by atoms with E-state index in [4.69, 9.17) is 4.74 Å². The van der Waals surface area contributed by atoms with Gasteiger partial charge in [0, 0.05) is 26.3 Å². The van der Waals surface area contributed by atoms with E-state index in [-0.39, 0.29) is 5.41 Å². The normalized spacial score (nSPS) is 17.8. The number of hydrogen-bond acceptors (Lipinski definition) is 6. The number of aromatic nitrogens is 4. The number of H-pyrrole nitrogens is 1. The topological polar surface area (TPSA) is 87.8 Å². The average Bonchev–Trinajstić information content (AvgIpc) is 2.94. The van der Waals surface area contributed by atoms with Gasteiger partial charge in [0.2, 0.25) is 5.95 Å². The van der Waals surface area contributed by atoms with Gasteiger partial charge in [0.25, 0.3) is 0 Å². The maximum atomic E-state index is 5.45. The second-order valence-electron chi connectivity index (χ2n) is 5.84. The first kappa shape index (κ1) is 14.1. The van der Waals surface area contributed by atoms with Crippen LogP contribution in [0.4, 0.5) is 11.8 Å². The Bertz CT molecular complexity index is 605. The van der Waals surface area contributed by atoms with Crippen molar-refractivity contribution >= 4 is 22.8 Å². The summed E-state index contributed by atoms with van der Waals surface area (Å²) >= 11 is 0. The van der Waals surface area contributed by atoms with Crippen LogP contribution in [0.15, 0.2) is 6.20 Å². The largest absolute Gasteiger partial charge is 0.381 e. The standard InChI is InChI=1S/C14H22N6O/c1-3-15-13-18-11(10-8-17-20-12(10)19-13)16-9-14(2)4-6-21-7-5-14/h8H,3-7,9H2,1-2H3,(H3,15,16,17,18,19,20). The summed E-state index contributed by atoms with van der Waals surface area (Å²) in [7, 11) is 0. The summed E-state index contributed by atoms with van der Waals surface area (Å²) in [5.74, 6) is 1.45. The van der Waals surface area contributed by atoms with Gasteiger partial charge in [-0.15, -0.1) is 0 Å². The van der Waals surface area contributed by atoms with Crippen LogP contribution >= 0.6 is 0 Å². The smallest absolute Gasteiger partial charge is 0.226 e. The van der Waals surface area contributed by atoms with Crippen molar-refractivity contribution in [2.24, 2.45) is 5.41 Å². The fourth-order valence-corrected chi connectivity index (χ4v) is 2.54. The minimum atomic E-state index is 0.248. The molecule has 7 nitrogen and oxygen atoms in total. The van der Waals surface area contributed by atoms with Gasteiger partial charge in [-0.2, -0.15) is 15.1 Å². The van der Waals surface area contributed by atoms with Crippen LogP contribution in [0.3, 0.4) is 0 Å². The average molecular weight is 290 g/mol. The summed E-state index contributed by atoms with van der Waals surface area (Å²) in [5.41, 5.74) is 0.998. The van der Waals surface area contributed by atoms with Gasteiger partial charge in [0.1, 0.15) is 5.82 Å².